The van der Waals surface area contributed by atoms with Crippen LogP contribution in [0.15, 0.2) is 36.3 Å². The first-order chi connectivity index (χ1) is 7.51. The normalized spacial score (nSPS) is 12.4. The van der Waals surface area contributed by atoms with Crippen molar-refractivity contribution in [3.8, 4) is 0 Å². The second-order valence-electron chi connectivity index (χ2n) is 4.52. The molecule has 0 aliphatic carbocycles. The summed E-state index contributed by atoms with van der Waals surface area (Å²) in [7, 11) is -1.60. The molecule has 0 atom stereocenters. The molecule has 0 heterocycles. The van der Waals surface area contributed by atoms with Crippen LogP contribution < -0.4 is 0 Å². The quantitative estimate of drug-likeness (QED) is 0.570. The molecular formula is C13H20O2Si. The monoisotopic (exact) mass is 236 g/mol. The standard InChI is InChI=1S/C13H20O2Si/c1-5-14-13(15-16(2,3)4)11-12-9-7-6-8-10-12/h6-11H,5H2,1-4H3. The Kier molecular flexibility index (Phi) is 4.62. The van der Waals surface area contributed by atoms with Gasteiger partial charge in [-0.3, -0.25) is 0 Å². The van der Waals surface area contributed by atoms with Crippen molar-refractivity contribution in [1.29, 1.82) is 0 Å². The minimum absolute atomic E-state index is 0.628. The zero-order valence-electron chi connectivity index (χ0n) is 10.5. The zero-order valence-corrected chi connectivity index (χ0v) is 11.5. The van der Waals surface area contributed by atoms with Crippen molar-refractivity contribution in [3.63, 3.8) is 0 Å². The maximum atomic E-state index is 5.86. The fourth-order valence-electron chi connectivity index (χ4n) is 1.23. The highest BCUT2D eigenvalue weighted by atomic mass is 28.4. The molecule has 1 rings (SSSR count). The molecular weight excluding hydrogens is 216 g/mol. The lowest BCUT2D eigenvalue weighted by Crippen LogP contribution is -2.25. The average Bonchev–Trinajstić information content (AvgIpc) is 2.17. The van der Waals surface area contributed by atoms with Crippen molar-refractivity contribution < 1.29 is 9.16 Å². The number of hydrogen-bond acceptors (Lipinski definition) is 2. The van der Waals surface area contributed by atoms with Crippen LogP contribution in [0, 0.1) is 0 Å². The van der Waals surface area contributed by atoms with E-state index in [4.69, 9.17) is 9.16 Å². The van der Waals surface area contributed by atoms with E-state index in [-0.39, 0.29) is 0 Å². The van der Waals surface area contributed by atoms with Crippen LogP contribution in [0.3, 0.4) is 0 Å². The number of hydrogen-bond donors (Lipinski definition) is 0. The van der Waals surface area contributed by atoms with Crippen molar-refractivity contribution in [2.75, 3.05) is 6.61 Å². The largest absolute Gasteiger partial charge is 0.520 e. The van der Waals surface area contributed by atoms with Crippen molar-refractivity contribution in [3.05, 3.63) is 41.8 Å². The summed E-state index contributed by atoms with van der Waals surface area (Å²) in [5.74, 6) is 0.632. The molecule has 0 unspecified atom stereocenters. The Morgan fingerprint density at radius 1 is 1.19 bits per heavy atom. The van der Waals surface area contributed by atoms with Gasteiger partial charge < -0.3 is 9.16 Å². The summed E-state index contributed by atoms with van der Waals surface area (Å²) >= 11 is 0. The van der Waals surface area contributed by atoms with Crippen molar-refractivity contribution >= 4 is 14.4 Å². The summed E-state index contributed by atoms with van der Waals surface area (Å²) in [6.45, 7) is 9.02. The molecule has 0 fully saturated rings. The third-order valence-corrected chi connectivity index (χ3v) is 2.59. The van der Waals surface area contributed by atoms with Gasteiger partial charge in [-0.25, -0.2) is 0 Å². The highest BCUT2D eigenvalue weighted by Gasteiger charge is 2.18. The summed E-state index contributed by atoms with van der Waals surface area (Å²) < 4.78 is 11.4. The molecule has 0 radical (unpaired) electrons. The number of ether oxygens (including phenoxy) is 1. The molecule has 2 nitrogen and oxygen atoms in total. The van der Waals surface area contributed by atoms with E-state index in [1.54, 1.807) is 0 Å². The van der Waals surface area contributed by atoms with E-state index in [9.17, 15) is 0 Å². The third-order valence-electron chi connectivity index (χ3n) is 1.78. The molecule has 88 valence electrons. The van der Waals surface area contributed by atoms with E-state index < -0.39 is 8.32 Å². The Labute approximate surface area is 99.0 Å². The van der Waals surface area contributed by atoms with E-state index in [0.29, 0.717) is 12.6 Å². The molecule has 1 aromatic carbocycles. The van der Waals surface area contributed by atoms with E-state index in [1.807, 2.05) is 43.3 Å². The fourth-order valence-corrected chi connectivity index (χ4v) is 1.95. The first kappa shape index (κ1) is 12.8. The van der Waals surface area contributed by atoms with Gasteiger partial charge in [0.25, 0.3) is 5.95 Å². The lowest BCUT2D eigenvalue weighted by molar-refractivity contribution is 0.117. The molecule has 0 aliphatic heterocycles. The van der Waals surface area contributed by atoms with Gasteiger partial charge in [0.1, 0.15) is 0 Å². The molecule has 0 spiro atoms. The van der Waals surface area contributed by atoms with E-state index in [1.165, 1.54) is 0 Å². The lowest BCUT2D eigenvalue weighted by Gasteiger charge is -2.21. The maximum absolute atomic E-state index is 5.86. The molecule has 0 saturated carbocycles. The first-order valence-corrected chi connectivity index (χ1v) is 9.00. The van der Waals surface area contributed by atoms with Gasteiger partial charge in [-0.05, 0) is 32.1 Å². The van der Waals surface area contributed by atoms with Crippen molar-refractivity contribution in [2.24, 2.45) is 0 Å². The highest BCUT2D eigenvalue weighted by molar-refractivity contribution is 6.70. The van der Waals surface area contributed by atoms with Crippen LogP contribution in [0.4, 0.5) is 0 Å². The first-order valence-electron chi connectivity index (χ1n) is 5.60. The molecule has 16 heavy (non-hydrogen) atoms. The summed E-state index contributed by atoms with van der Waals surface area (Å²) in [6.07, 6.45) is 1.95. The molecule has 0 aliphatic rings. The Balaban J connectivity index is 2.81. The topological polar surface area (TPSA) is 18.5 Å². The Hall–Kier alpha value is -1.22. The van der Waals surface area contributed by atoms with Gasteiger partial charge in [0, 0.05) is 6.08 Å². The highest BCUT2D eigenvalue weighted by Crippen LogP contribution is 2.15. The van der Waals surface area contributed by atoms with E-state index in [2.05, 4.69) is 19.6 Å². The Morgan fingerprint density at radius 3 is 2.31 bits per heavy atom. The minimum Gasteiger partial charge on any atom is -0.520 e. The number of benzene rings is 1. The van der Waals surface area contributed by atoms with Crippen LogP contribution in [-0.4, -0.2) is 14.9 Å². The zero-order chi connectivity index (χ0) is 12.0. The maximum Gasteiger partial charge on any atom is 0.265 e. The average molecular weight is 236 g/mol. The van der Waals surface area contributed by atoms with Gasteiger partial charge in [0.15, 0.2) is 0 Å². The van der Waals surface area contributed by atoms with Crippen LogP contribution >= 0.6 is 0 Å². The third kappa shape index (κ3) is 5.03. The van der Waals surface area contributed by atoms with Gasteiger partial charge in [-0.15, -0.1) is 0 Å². The Bertz CT molecular complexity index is 339. The van der Waals surface area contributed by atoms with Crippen LogP contribution in [0.2, 0.25) is 19.6 Å². The molecule has 0 N–H and O–H groups in total. The molecule has 0 aromatic heterocycles. The molecule has 0 bridgehead atoms. The fraction of sp³-hybridized carbons (Fsp3) is 0.385. The molecule has 0 saturated heterocycles. The Morgan fingerprint density at radius 2 is 1.81 bits per heavy atom. The predicted octanol–water partition coefficient (Wildman–Crippen LogP) is 3.87. The van der Waals surface area contributed by atoms with Crippen LogP contribution in [0.25, 0.3) is 6.08 Å². The number of rotatable bonds is 5. The van der Waals surface area contributed by atoms with Gasteiger partial charge in [0.2, 0.25) is 8.32 Å². The van der Waals surface area contributed by atoms with Crippen LogP contribution in [0.1, 0.15) is 12.5 Å². The summed E-state index contributed by atoms with van der Waals surface area (Å²) in [5, 5.41) is 0. The molecule has 3 heteroatoms. The van der Waals surface area contributed by atoms with Gasteiger partial charge in [-0.2, -0.15) is 0 Å². The van der Waals surface area contributed by atoms with E-state index >= 15 is 0 Å². The van der Waals surface area contributed by atoms with Gasteiger partial charge in [0.05, 0.1) is 6.61 Å². The summed E-state index contributed by atoms with van der Waals surface area (Å²) in [6, 6.07) is 10.1. The predicted molar refractivity (Wildman–Crippen MR) is 70.5 cm³/mol. The lowest BCUT2D eigenvalue weighted by atomic mass is 10.2. The van der Waals surface area contributed by atoms with Crippen molar-refractivity contribution in [2.45, 2.75) is 26.6 Å². The molecule has 1 aromatic rings. The smallest absolute Gasteiger partial charge is 0.265 e. The SMILES string of the molecule is CCOC(=Cc1ccccc1)O[Si](C)(C)C. The minimum atomic E-state index is -1.60. The van der Waals surface area contributed by atoms with Crippen molar-refractivity contribution in [1.82, 2.24) is 0 Å². The summed E-state index contributed by atoms with van der Waals surface area (Å²) in [4.78, 5) is 0. The van der Waals surface area contributed by atoms with Crippen LogP contribution in [0.5, 0.6) is 0 Å². The van der Waals surface area contributed by atoms with Crippen LogP contribution in [-0.2, 0) is 9.16 Å². The second-order valence-corrected chi connectivity index (χ2v) is 8.95. The van der Waals surface area contributed by atoms with E-state index in [0.717, 1.165) is 5.56 Å². The van der Waals surface area contributed by atoms with Gasteiger partial charge in [-0.1, -0.05) is 30.3 Å². The summed E-state index contributed by atoms with van der Waals surface area (Å²) in [5.41, 5.74) is 1.10. The molecule has 0 amide bonds. The second kappa shape index (κ2) is 5.75. The van der Waals surface area contributed by atoms with Gasteiger partial charge >= 0.3 is 0 Å².